The normalized spacial score (nSPS) is 24.9. The first-order valence-corrected chi connectivity index (χ1v) is 5.37. The molecule has 1 atom stereocenters. The monoisotopic (exact) mass is 165 g/mol. The minimum Gasteiger partial charge on any atom is -0.0885 e. The average Bonchev–Trinajstić information content (AvgIpc) is 2.02. The predicted octanol–water partition coefficient (Wildman–Crippen LogP) is 4.13. The summed E-state index contributed by atoms with van der Waals surface area (Å²) in [6, 6.07) is 0. The number of unbranched alkanes of at least 4 members (excludes halogenated alkanes) is 1. The lowest BCUT2D eigenvalue weighted by atomic mass is 9.90. The maximum atomic E-state index is 3.89. The summed E-state index contributed by atoms with van der Waals surface area (Å²) in [5, 5.41) is 0. The molecule has 12 heavy (non-hydrogen) atoms. The van der Waals surface area contributed by atoms with Crippen LogP contribution in [-0.4, -0.2) is 0 Å². The molecule has 69 valence electrons. The molecule has 1 unspecified atom stereocenters. The fourth-order valence-electron chi connectivity index (χ4n) is 1.91. The van der Waals surface area contributed by atoms with E-state index in [1.54, 1.807) is 0 Å². The van der Waals surface area contributed by atoms with Gasteiger partial charge < -0.3 is 0 Å². The van der Waals surface area contributed by atoms with Crippen LogP contribution in [0.3, 0.4) is 0 Å². The Hall–Kier alpha value is -0.260. The second-order valence-corrected chi connectivity index (χ2v) is 3.85. The lowest BCUT2D eigenvalue weighted by Crippen LogP contribution is -2.00. The highest BCUT2D eigenvalue weighted by molar-refractivity contribution is 4.86. The van der Waals surface area contributed by atoms with E-state index in [1.165, 1.54) is 44.9 Å². The molecule has 1 rings (SSSR count). The summed E-state index contributed by atoms with van der Waals surface area (Å²) in [7, 11) is 0. The molecule has 0 heteroatoms. The van der Waals surface area contributed by atoms with E-state index in [4.69, 9.17) is 0 Å². The van der Waals surface area contributed by atoms with Gasteiger partial charge in [-0.3, -0.25) is 0 Å². The molecule has 1 aliphatic rings. The van der Waals surface area contributed by atoms with Crippen LogP contribution in [-0.2, 0) is 0 Å². The molecule has 0 nitrogen and oxygen atoms in total. The van der Waals surface area contributed by atoms with Crippen LogP contribution in [0.5, 0.6) is 0 Å². The van der Waals surface area contributed by atoms with Gasteiger partial charge in [0.25, 0.3) is 0 Å². The highest BCUT2D eigenvalue weighted by Gasteiger charge is 2.07. The van der Waals surface area contributed by atoms with Gasteiger partial charge >= 0.3 is 0 Å². The van der Waals surface area contributed by atoms with E-state index >= 15 is 0 Å². The van der Waals surface area contributed by atoms with Gasteiger partial charge in [0.1, 0.15) is 0 Å². The van der Waals surface area contributed by atoms with Crippen LogP contribution in [0, 0.1) is 12.8 Å². The summed E-state index contributed by atoms with van der Waals surface area (Å²) < 4.78 is 0. The van der Waals surface area contributed by atoms with Crippen molar-refractivity contribution in [2.45, 2.75) is 51.4 Å². The van der Waals surface area contributed by atoms with Crippen molar-refractivity contribution in [2.75, 3.05) is 0 Å². The van der Waals surface area contributed by atoms with E-state index in [0.717, 1.165) is 12.3 Å². The van der Waals surface area contributed by atoms with E-state index < -0.39 is 0 Å². The van der Waals surface area contributed by atoms with Gasteiger partial charge in [-0.05, 0) is 25.2 Å². The number of allylic oxidation sites excluding steroid dienone is 2. The summed E-state index contributed by atoms with van der Waals surface area (Å²) in [6.45, 7) is 3.89. The topological polar surface area (TPSA) is 0 Å². The molecule has 1 radical (unpaired) electrons. The predicted molar refractivity (Wildman–Crippen MR) is 54.9 cm³/mol. The minimum absolute atomic E-state index is 0.961. The highest BCUT2D eigenvalue weighted by atomic mass is 14.1. The molecule has 0 aliphatic heterocycles. The molecular formula is C12H21. The van der Waals surface area contributed by atoms with Gasteiger partial charge in [-0.2, -0.15) is 0 Å². The Morgan fingerprint density at radius 3 is 3.00 bits per heavy atom. The summed E-state index contributed by atoms with van der Waals surface area (Å²) in [5.74, 6) is 0.961. The third-order valence-electron chi connectivity index (χ3n) is 2.73. The van der Waals surface area contributed by atoms with E-state index in [0.29, 0.717) is 0 Å². The molecular weight excluding hydrogens is 144 g/mol. The van der Waals surface area contributed by atoms with Crippen molar-refractivity contribution >= 4 is 0 Å². The van der Waals surface area contributed by atoms with Crippen LogP contribution in [0.15, 0.2) is 12.2 Å². The maximum absolute atomic E-state index is 3.89. The molecule has 0 N–H and O–H groups in total. The lowest BCUT2D eigenvalue weighted by Gasteiger charge is -2.15. The summed E-state index contributed by atoms with van der Waals surface area (Å²) in [4.78, 5) is 0. The second-order valence-electron chi connectivity index (χ2n) is 3.85. The second kappa shape index (κ2) is 6.28. The fourth-order valence-corrected chi connectivity index (χ4v) is 1.91. The van der Waals surface area contributed by atoms with Crippen molar-refractivity contribution < 1.29 is 0 Å². The van der Waals surface area contributed by atoms with Gasteiger partial charge in [-0.1, -0.05) is 51.2 Å². The van der Waals surface area contributed by atoms with Crippen molar-refractivity contribution in [3.05, 3.63) is 19.1 Å². The van der Waals surface area contributed by atoms with Crippen LogP contribution in [0.2, 0.25) is 0 Å². The largest absolute Gasteiger partial charge is 0.0885 e. The van der Waals surface area contributed by atoms with Crippen LogP contribution in [0.1, 0.15) is 51.4 Å². The Morgan fingerprint density at radius 2 is 2.17 bits per heavy atom. The zero-order valence-corrected chi connectivity index (χ0v) is 8.10. The zero-order chi connectivity index (χ0) is 8.65. The number of hydrogen-bond donors (Lipinski definition) is 0. The Labute approximate surface area is 77.1 Å². The van der Waals surface area contributed by atoms with Gasteiger partial charge in [0.05, 0.1) is 0 Å². The Kier molecular flexibility index (Phi) is 5.14. The minimum atomic E-state index is 0.961. The fraction of sp³-hybridized carbons (Fsp3) is 0.750. The molecule has 0 spiro atoms. The molecule has 1 aliphatic carbocycles. The van der Waals surface area contributed by atoms with E-state index in [-0.39, 0.29) is 0 Å². The summed E-state index contributed by atoms with van der Waals surface area (Å²) in [5.41, 5.74) is 0. The standard InChI is InChI=1S/C12H21/c1-2-3-9-12-10-7-5-4-6-8-11-12/h5,7,12H,1-4,6,8-11H2. The first-order valence-electron chi connectivity index (χ1n) is 5.37. The SMILES string of the molecule is [CH2]CCCC1CC=CCCCC1. The molecule has 0 heterocycles. The Morgan fingerprint density at radius 1 is 1.25 bits per heavy atom. The first-order chi connectivity index (χ1) is 5.93. The third kappa shape index (κ3) is 3.94. The van der Waals surface area contributed by atoms with Crippen molar-refractivity contribution in [1.29, 1.82) is 0 Å². The lowest BCUT2D eigenvalue weighted by molar-refractivity contribution is 0.418. The molecule has 0 saturated heterocycles. The Bertz CT molecular complexity index is 124. The quantitative estimate of drug-likeness (QED) is 0.552. The van der Waals surface area contributed by atoms with Crippen molar-refractivity contribution in [2.24, 2.45) is 5.92 Å². The van der Waals surface area contributed by atoms with E-state index in [1.807, 2.05) is 0 Å². The molecule has 0 saturated carbocycles. The van der Waals surface area contributed by atoms with Crippen molar-refractivity contribution in [3.8, 4) is 0 Å². The van der Waals surface area contributed by atoms with Crippen LogP contribution < -0.4 is 0 Å². The molecule has 0 aromatic carbocycles. The Balaban J connectivity index is 2.20. The van der Waals surface area contributed by atoms with Gasteiger partial charge in [0, 0.05) is 0 Å². The zero-order valence-electron chi connectivity index (χ0n) is 8.10. The van der Waals surface area contributed by atoms with E-state index in [9.17, 15) is 0 Å². The van der Waals surface area contributed by atoms with E-state index in [2.05, 4.69) is 19.1 Å². The van der Waals surface area contributed by atoms with Crippen LogP contribution in [0.25, 0.3) is 0 Å². The first kappa shape index (κ1) is 9.83. The maximum Gasteiger partial charge on any atom is -0.0322 e. The smallest absolute Gasteiger partial charge is 0.0322 e. The van der Waals surface area contributed by atoms with Gasteiger partial charge in [-0.25, -0.2) is 0 Å². The highest BCUT2D eigenvalue weighted by Crippen LogP contribution is 2.22. The average molecular weight is 165 g/mol. The molecule has 0 fully saturated rings. The molecule has 0 bridgehead atoms. The van der Waals surface area contributed by atoms with Gasteiger partial charge in [0.2, 0.25) is 0 Å². The third-order valence-corrected chi connectivity index (χ3v) is 2.73. The molecule has 0 aromatic rings. The summed E-state index contributed by atoms with van der Waals surface area (Å²) >= 11 is 0. The van der Waals surface area contributed by atoms with Gasteiger partial charge in [0.15, 0.2) is 0 Å². The number of rotatable bonds is 3. The van der Waals surface area contributed by atoms with Crippen molar-refractivity contribution in [1.82, 2.24) is 0 Å². The molecule has 0 amide bonds. The number of hydrogen-bond acceptors (Lipinski definition) is 0. The van der Waals surface area contributed by atoms with Crippen molar-refractivity contribution in [3.63, 3.8) is 0 Å². The molecule has 0 aromatic heterocycles. The summed E-state index contributed by atoms with van der Waals surface area (Å²) in [6.07, 6.45) is 15.5. The van der Waals surface area contributed by atoms with Gasteiger partial charge in [-0.15, -0.1) is 0 Å². The van der Waals surface area contributed by atoms with Crippen LogP contribution >= 0.6 is 0 Å². The van der Waals surface area contributed by atoms with Crippen LogP contribution in [0.4, 0.5) is 0 Å².